The molecule has 0 atom stereocenters. The molecule has 0 spiro atoms. The summed E-state index contributed by atoms with van der Waals surface area (Å²) in [5.74, 6) is 1.48. The molecule has 0 saturated heterocycles. The molecule has 0 saturated carbocycles. The number of halogens is 1. The van der Waals surface area contributed by atoms with Gasteiger partial charge in [0.15, 0.2) is 11.5 Å². The summed E-state index contributed by atoms with van der Waals surface area (Å²) in [6, 6.07) is 19.0. The van der Waals surface area contributed by atoms with Crippen molar-refractivity contribution in [1.82, 2.24) is 5.32 Å². The van der Waals surface area contributed by atoms with Crippen molar-refractivity contribution in [2.75, 3.05) is 19.8 Å². The van der Waals surface area contributed by atoms with Crippen LogP contribution in [-0.4, -0.2) is 25.7 Å². The second-order valence-corrected chi connectivity index (χ2v) is 6.90. The van der Waals surface area contributed by atoms with E-state index in [1.54, 1.807) is 30.3 Å². The van der Waals surface area contributed by atoms with E-state index in [4.69, 9.17) is 14.2 Å². The number of hydrogen-bond acceptors (Lipinski definition) is 4. The zero-order chi connectivity index (χ0) is 20.8. The number of carbonyl (C=O) groups excluding carboxylic acids is 1. The fraction of sp³-hybridized carbons (Fsp3) is 0.208. The highest BCUT2D eigenvalue weighted by molar-refractivity contribution is 5.96. The van der Waals surface area contributed by atoms with Crippen LogP contribution in [0.3, 0.4) is 0 Å². The Morgan fingerprint density at radius 3 is 2.50 bits per heavy atom. The fourth-order valence-corrected chi connectivity index (χ4v) is 3.18. The van der Waals surface area contributed by atoms with Crippen LogP contribution in [0.15, 0.2) is 66.7 Å². The highest BCUT2D eigenvalue weighted by Crippen LogP contribution is 2.30. The van der Waals surface area contributed by atoms with E-state index in [0.29, 0.717) is 37.5 Å². The Hall–Kier alpha value is -3.54. The second-order valence-electron chi connectivity index (χ2n) is 6.90. The molecule has 1 aliphatic rings. The van der Waals surface area contributed by atoms with E-state index in [2.05, 4.69) is 5.32 Å². The molecule has 0 radical (unpaired) electrons. The molecule has 3 aromatic carbocycles. The van der Waals surface area contributed by atoms with Crippen molar-refractivity contribution >= 4 is 5.91 Å². The number of ether oxygens (including phenoxy) is 3. The predicted octanol–water partition coefficient (Wildman–Crippen LogP) is 4.15. The number of para-hydroxylation sites is 1. The molecule has 1 amide bonds. The molecular weight excluding hydrogens is 385 g/mol. The number of fused-ring (bicyclic) bond motifs is 1. The van der Waals surface area contributed by atoms with Crippen LogP contribution in [0, 0.1) is 5.82 Å². The minimum absolute atomic E-state index is 0.206. The maximum Gasteiger partial charge on any atom is 0.255 e. The molecule has 154 valence electrons. The molecule has 6 heteroatoms. The number of carbonyl (C=O) groups is 1. The summed E-state index contributed by atoms with van der Waals surface area (Å²) in [5, 5.41) is 2.93. The predicted molar refractivity (Wildman–Crippen MR) is 111 cm³/mol. The summed E-state index contributed by atoms with van der Waals surface area (Å²) >= 11 is 0. The minimum atomic E-state index is -0.295. The summed E-state index contributed by atoms with van der Waals surface area (Å²) in [6.45, 7) is 1.83. The van der Waals surface area contributed by atoms with E-state index in [1.807, 2.05) is 24.3 Å². The third-order valence-corrected chi connectivity index (χ3v) is 4.75. The van der Waals surface area contributed by atoms with Crippen LogP contribution in [0.25, 0.3) is 0 Å². The van der Waals surface area contributed by atoms with Crippen LogP contribution in [0.2, 0.25) is 0 Å². The van der Waals surface area contributed by atoms with Gasteiger partial charge in [-0.25, -0.2) is 4.39 Å². The number of rotatable bonds is 7. The van der Waals surface area contributed by atoms with E-state index in [-0.39, 0.29) is 18.3 Å². The lowest BCUT2D eigenvalue weighted by Crippen LogP contribution is -2.26. The Kier molecular flexibility index (Phi) is 6.13. The number of nitrogens with one attached hydrogen (secondary N) is 1. The van der Waals surface area contributed by atoms with Gasteiger partial charge in [0.2, 0.25) is 0 Å². The van der Waals surface area contributed by atoms with Gasteiger partial charge in [0.1, 0.15) is 31.4 Å². The van der Waals surface area contributed by atoms with Crippen LogP contribution < -0.4 is 19.5 Å². The lowest BCUT2D eigenvalue weighted by molar-refractivity contribution is 0.0949. The molecule has 1 heterocycles. The van der Waals surface area contributed by atoms with Crippen molar-refractivity contribution in [3.8, 4) is 17.2 Å². The third-order valence-electron chi connectivity index (χ3n) is 4.75. The van der Waals surface area contributed by atoms with Gasteiger partial charge in [-0.15, -0.1) is 0 Å². The van der Waals surface area contributed by atoms with Gasteiger partial charge in [0.25, 0.3) is 5.91 Å². The Morgan fingerprint density at radius 1 is 0.933 bits per heavy atom. The Bertz CT molecular complexity index is 1020. The zero-order valence-corrected chi connectivity index (χ0v) is 16.4. The molecular formula is C24H22FNO4. The average molecular weight is 407 g/mol. The molecule has 0 fully saturated rings. The number of amides is 1. The first kappa shape index (κ1) is 19.8. The number of hydrogen-bond donors (Lipinski definition) is 1. The Labute approximate surface area is 174 Å². The van der Waals surface area contributed by atoms with E-state index >= 15 is 0 Å². The van der Waals surface area contributed by atoms with Gasteiger partial charge in [0, 0.05) is 6.54 Å². The van der Waals surface area contributed by atoms with Crippen LogP contribution in [-0.2, 0) is 13.0 Å². The molecule has 30 heavy (non-hydrogen) atoms. The smallest absolute Gasteiger partial charge is 0.255 e. The largest absolute Gasteiger partial charge is 0.488 e. The quantitative estimate of drug-likeness (QED) is 0.639. The highest BCUT2D eigenvalue weighted by Gasteiger charge is 2.14. The number of benzene rings is 3. The van der Waals surface area contributed by atoms with Gasteiger partial charge in [0.05, 0.1) is 5.56 Å². The third kappa shape index (κ3) is 4.89. The molecule has 0 aliphatic carbocycles. The monoisotopic (exact) mass is 407 g/mol. The molecule has 0 aromatic heterocycles. The maximum absolute atomic E-state index is 13.0. The molecule has 1 aliphatic heterocycles. The van der Waals surface area contributed by atoms with Crippen molar-refractivity contribution < 1.29 is 23.4 Å². The highest BCUT2D eigenvalue weighted by atomic mass is 19.1. The van der Waals surface area contributed by atoms with Gasteiger partial charge >= 0.3 is 0 Å². The standard InChI is InChI=1S/C24H22FNO4/c25-19-8-5-18(6-9-19)16-30-21-4-2-1-3-20(21)24(27)26-12-11-17-7-10-22-23(15-17)29-14-13-28-22/h1-10,15H,11-14,16H2,(H,26,27). The maximum atomic E-state index is 13.0. The van der Waals surface area contributed by atoms with Crippen LogP contribution in [0.5, 0.6) is 17.2 Å². The van der Waals surface area contributed by atoms with Gasteiger partial charge in [-0.2, -0.15) is 0 Å². The summed E-state index contributed by atoms with van der Waals surface area (Å²) < 4.78 is 30.0. The van der Waals surface area contributed by atoms with Crippen molar-refractivity contribution in [3.63, 3.8) is 0 Å². The Balaban J connectivity index is 1.34. The summed E-state index contributed by atoms with van der Waals surface area (Å²) in [6.07, 6.45) is 0.668. The summed E-state index contributed by atoms with van der Waals surface area (Å²) in [7, 11) is 0. The zero-order valence-electron chi connectivity index (χ0n) is 16.4. The first-order valence-corrected chi connectivity index (χ1v) is 9.82. The summed E-state index contributed by atoms with van der Waals surface area (Å²) in [5.41, 5.74) is 2.34. The molecule has 5 nitrogen and oxygen atoms in total. The van der Waals surface area contributed by atoms with Crippen molar-refractivity contribution in [1.29, 1.82) is 0 Å². The van der Waals surface area contributed by atoms with Crippen LogP contribution in [0.4, 0.5) is 4.39 Å². The Morgan fingerprint density at radius 2 is 1.67 bits per heavy atom. The molecule has 0 bridgehead atoms. The average Bonchev–Trinajstić information content (AvgIpc) is 2.79. The first-order chi connectivity index (χ1) is 14.7. The fourth-order valence-electron chi connectivity index (χ4n) is 3.18. The lowest BCUT2D eigenvalue weighted by Gasteiger charge is -2.19. The van der Waals surface area contributed by atoms with Crippen molar-refractivity contribution in [2.24, 2.45) is 0 Å². The van der Waals surface area contributed by atoms with Crippen LogP contribution in [0.1, 0.15) is 21.5 Å². The molecule has 1 N–H and O–H groups in total. The van der Waals surface area contributed by atoms with Crippen LogP contribution >= 0.6 is 0 Å². The normalized spacial score (nSPS) is 12.3. The van der Waals surface area contributed by atoms with Crippen molar-refractivity contribution in [3.05, 3.63) is 89.2 Å². The SMILES string of the molecule is O=C(NCCc1ccc2c(c1)OCCO2)c1ccccc1OCc1ccc(F)cc1. The second kappa shape index (κ2) is 9.31. The van der Waals surface area contributed by atoms with Gasteiger partial charge in [-0.3, -0.25) is 4.79 Å². The first-order valence-electron chi connectivity index (χ1n) is 9.82. The lowest BCUT2D eigenvalue weighted by atomic mass is 10.1. The van der Waals surface area contributed by atoms with E-state index in [9.17, 15) is 9.18 Å². The van der Waals surface area contributed by atoms with Gasteiger partial charge in [-0.05, 0) is 53.9 Å². The van der Waals surface area contributed by atoms with Gasteiger partial charge in [-0.1, -0.05) is 30.3 Å². The van der Waals surface area contributed by atoms with E-state index < -0.39 is 0 Å². The molecule has 0 unspecified atom stereocenters. The van der Waals surface area contributed by atoms with E-state index in [0.717, 1.165) is 22.6 Å². The van der Waals surface area contributed by atoms with Crippen molar-refractivity contribution in [2.45, 2.75) is 13.0 Å². The molecule has 4 rings (SSSR count). The minimum Gasteiger partial charge on any atom is -0.488 e. The van der Waals surface area contributed by atoms with Gasteiger partial charge < -0.3 is 19.5 Å². The topological polar surface area (TPSA) is 56.8 Å². The van der Waals surface area contributed by atoms with E-state index in [1.165, 1.54) is 12.1 Å². The summed E-state index contributed by atoms with van der Waals surface area (Å²) in [4.78, 5) is 12.7. The molecule has 3 aromatic rings.